The third kappa shape index (κ3) is 9.72. The summed E-state index contributed by atoms with van der Waals surface area (Å²) >= 11 is 0. The average molecular weight is 196 g/mol. The van der Waals surface area contributed by atoms with Gasteiger partial charge in [0.05, 0.1) is 6.61 Å². The van der Waals surface area contributed by atoms with Gasteiger partial charge in [-0.25, -0.2) is 0 Å². The predicted molar refractivity (Wildman–Crippen MR) is 51.4 cm³/mol. The zero-order chi connectivity index (χ0) is 8.69. The fourth-order valence-electron chi connectivity index (χ4n) is 0.802. The summed E-state index contributed by atoms with van der Waals surface area (Å²) in [5, 5.41) is 0. The van der Waals surface area contributed by atoms with Gasteiger partial charge in [-0.05, 0) is 26.7 Å². The van der Waals surface area contributed by atoms with E-state index in [0.717, 1.165) is 12.8 Å². The van der Waals surface area contributed by atoms with E-state index >= 15 is 0 Å². The topological polar surface area (TPSA) is 52.3 Å². The van der Waals surface area contributed by atoms with Crippen molar-refractivity contribution in [3.8, 4) is 0 Å². The quantitative estimate of drug-likeness (QED) is 0.677. The number of halogens is 1. The minimum atomic E-state index is -0.117. The van der Waals surface area contributed by atoms with E-state index in [0.29, 0.717) is 13.0 Å². The molecule has 0 aromatic carbocycles. The fraction of sp³-hybridized carbons (Fsp3) is 0.875. The number of hydrogen-bond donors (Lipinski definition) is 1. The first-order valence-electron chi connectivity index (χ1n) is 4.08. The van der Waals surface area contributed by atoms with Gasteiger partial charge in [-0.2, -0.15) is 0 Å². The van der Waals surface area contributed by atoms with Crippen molar-refractivity contribution in [3.05, 3.63) is 0 Å². The summed E-state index contributed by atoms with van der Waals surface area (Å²) in [5.74, 6) is -0.117. The Morgan fingerprint density at radius 1 is 1.58 bits per heavy atom. The molecule has 2 N–H and O–H groups in total. The molecule has 4 heteroatoms. The molecule has 0 spiro atoms. The number of ether oxygens (including phenoxy) is 1. The van der Waals surface area contributed by atoms with Gasteiger partial charge >= 0.3 is 5.97 Å². The normalized spacial score (nSPS) is 11.6. The van der Waals surface area contributed by atoms with E-state index in [1.165, 1.54) is 0 Å². The van der Waals surface area contributed by atoms with Crippen LogP contribution in [0.3, 0.4) is 0 Å². The number of rotatable bonds is 5. The van der Waals surface area contributed by atoms with Crippen LogP contribution in [0.2, 0.25) is 0 Å². The molecule has 0 heterocycles. The Kier molecular flexibility index (Phi) is 10.5. The zero-order valence-corrected chi connectivity index (χ0v) is 8.52. The lowest BCUT2D eigenvalue weighted by Gasteiger charge is -2.03. The molecule has 1 unspecified atom stereocenters. The summed E-state index contributed by atoms with van der Waals surface area (Å²) in [5.41, 5.74) is 5.50. The summed E-state index contributed by atoms with van der Waals surface area (Å²) in [6, 6.07) is 0.185. The van der Waals surface area contributed by atoms with Gasteiger partial charge in [0, 0.05) is 12.5 Å². The SMILES string of the molecule is CCOC(=O)CCCC(C)N.Cl. The summed E-state index contributed by atoms with van der Waals surface area (Å²) in [6.45, 7) is 4.21. The van der Waals surface area contributed by atoms with Crippen LogP contribution in [0, 0.1) is 0 Å². The third-order valence-corrected chi connectivity index (χ3v) is 1.35. The van der Waals surface area contributed by atoms with Crippen molar-refractivity contribution in [2.45, 2.75) is 39.2 Å². The molecule has 3 nitrogen and oxygen atoms in total. The van der Waals surface area contributed by atoms with Crippen LogP contribution in [0.25, 0.3) is 0 Å². The Bertz CT molecular complexity index is 118. The Hall–Kier alpha value is -0.280. The van der Waals surface area contributed by atoms with Crippen molar-refractivity contribution in [3.63, 3.8) is 0 Å². The summed E-state index contributed by atoms with van der Waals surface area (Å²) in [6.07, 6.45) is 2.21. The van der Waals surface area contributed by atoms with Gasteiger partial charge in [-0.15, -0.1) is 12.4 Å². The Morgan fingerprint density at radius 3 is 2.58 bits per heavy atom. The van der Waals surface area contributed by atoms with Crippen molar-refractivity contribution in [2.24, 2.45) is 5.73 Å². The second-order valence-corrected chi connectivity index (χ2v) is 2.67. The molecule has 0 saturated heterocycles. The molecule has 0 bridgehead atoms. The lowest BCUT2D eigenvalue weighted by Crippen LogP contribution is -2.15. The summed E-state index contributed by atoms with van der Waals surface area (Å²) in [4.78, 5) is 10.8. The highest BCUT2D eigenvalue weighted by Gasteiger charge is 2.01. The van der Waals surface area contributed by atoms with E-state index in [1.807, 2.05) is 13.8 Å². The Morgan fingerprint density at radius 2 is 2.17 bits per heavy atom. The molecule has 0 rings (SSSR count). The smallest absolute Gasteiger partial charge is 0.305 e. The molecule has 0 aliphatic rings. The van der Waals surface area contributed by atoms with Gasteiger partial charge in [0.15, 0.2) is 0 Å². The second-order valence-electron chi connectivity index (χ2n) is 2.67. The molecule has 74 valence electrons. The number of esters is 1. The van der Waals surface area contributed by atoms with Gasteiger partial charge in [-0.3, -0.25) is 4.79 Å². The highest BCUT2D eigenvalue weighted by atomic mass is 35.5. The minimum Gasteiger partial charge on any atom is -0.466 e. The van der Waals surface area contributed by atoms with Crippen LogP contribution in [-0.4, -0.2) is 18.6 Å². The first-order chi connectivity index (χ1) is 5.16. The maximum atomic E-state index is 10.8. The lowest BCUT2D eigenvalue weighted by molar-refractivity contribution is -0.143. The largest absolute Gasteiger partial charge is 0.466 e. The van der Waals surface area contributed by atoms with Crippen LogP contribution < -0.4 is 5.73 Å². The van der Waals surface area contributed by atoms with E-state index in [9.17, 15) is 4.79 Å². The van der Waals surface area contributed by atoms with Crippen LogP contribution in [0.4, 0.5) is 0 Å². The first kappa shape index (κ1) is 14.3. The predicted octanol–water partition coefficient (Wildman–Crippen LogP) is 1.49. The highest BCUT2D eigenvalue weighted by molar-refractivity contribution is 5.85. The van der Waals surface area contributed by atoms with Crippen LogP contribution in [-0.2, 0) is 9.53 Å². The van der Waals surface area contributed by atoms with Crippen molar-refractivity contribution in [2.75, 3.05) is 6.61 Å². The minimum absolute atomic E-state index is 0. The van der Waals surface area contributed by atoms with Crippen molar-refractivity contribution >= 4 is 18.4 Å². The van der Waals surface area contributed by atoms with E-state index in [-0.39, 0.29) is 24.4 Å². The van der Waals surface area contributed by atoms with E-state index < -0.39 is 0 Å². The van der Waals surface area contributed by atoms with Crippen LogP contribution in [0.1, 0.15) is 33.1 Å². The zero-order valence-electron chi connectivity index (χ0n) is 7.71. The van der Waals surface area contributed by atoms with Crippen LogP contribution >= 0.6 is 12.4 Å². The second kappa shape index (κ2) is 8.81. The van der Waals surface area contributed by atoms with Gasteiger partial charge in [0.1, 0.15) is 0 Å². The molecule has 0 aromatic heterocycles. The summed E-state index contributed by atoms with van der Waals surface area (Å²) < 4.78 is 4.74. The van der Waals surface area contributed by atoms with E-state index in [1.54, 1.807) is 0 Å². The number of carbonyl (C=O) groups excluding carboxylic acids is 1. The van der Waals surface area contributed by atoms with Crippen LogP contribution in [0.15, 0.2) is 0 Å². The standard InChI is InChI=1S/C8H17NO2.ClH/c1-3-11-8(10)6-4-5-7(2)9;/h7H,3-6,9H2,1-2H3;1H. The molecule has 0 saturated carbocycles. The third-order valence-electron chi connectivity index (χ3n) is 1.35. The van der Waals surface area contributed by atoms with E-state index in [2.05, 4.69) is 0 Å². The molecule has 0 radical (unpaired) electrons. The van der Waals surface area contributed by atoms with Crippen molar-refractivity contribution < 1.29 is 9.53 Å². The van der Waals surface area contributed by atoms with Gasteiger partial charge in [0.2, 0.25) is 0 Å². The molecule has 0 aliphatic carbocycles. The van der Waals surface area contributed by atoms with Gasteiger partial charge in [0.25, 0.3) is 0 Å². The summed E-state index contributed by atoms with van der Waals surface area (Å²) in [7, 11) is 0. The molecule has 1 atom stereocenters. The van der Waals surface area contributed by atoms with Crippen molar-refractivity contribution in [1.82, 2.24) is 0 Å². The molecule has 0 amide bonds. The van der Waals surface area contributed by atoms with Gasteiger partial charge < -0.3 is 10.5 Å². The maximum Gasteiger partial charge on any atom is 0.305 e. The monoisotopic (exact) mass is 195 g/mol. The molecule has 12 heavy (non-hydrogen) atoms. The molecule has 0 aliphatic heterocycles. The molecular formula is C8H18ClNO2. The van der Waals surface area contributed by atoms with Crippen LogP contribution in [0.5, 0.6) is 0 Å². The first-order valence-corrected chi connectivity index (χ1v) is 4.08. The fourth-order valence-corrected chi connectivity index (χ4v) is 0.802. The van der Waals surface area contributed by atoms with E-state index in [4.69, 9.17) is 10.5 Å². The Labute approximate surface area is 80.1 Å². The van der Waals surface area contributed by atoms with Gasteiger partial charge in [-0.1, -0.05) is 0 Å². The molecule has 0 fully saturated rings. The highest BCUT2D eigenvalue weighted by Crippen LogP contribution is 1.99. The maximum absolute atomic E-state index is 10.8. The number of carbonyl (C=O) groups is 1. The number of nitrogens with two attached hydrogens (primary N) is 1. The molecule has 0 aromatic rings. The lowest BCUT2D eigenvalue weighted by atomic mass is 10.1. The van der Waals surface area contributed by atoms with Crippen molar-refractivity contribution in [1.29, 1.82) is 0 Å². The Balaban J connectivity index is 0. The average Bonchev–Trinajstić information content (AvgIpc) is 1.87. The number of hydrogen-bond acceptors (Lipinski definition) is 3. The molecular weight excluding hydrogens is 178 g/mol.